The highest BCUT2D eigenvalue weighted by Gasteiger charge is 2.53. The summed E-state index contributed by atoms with van der Waals surface area (Å²) in [6.07, 6.45) is 3.47. The standard InChI is InChI=1S/C19H20F2N2O3/c1-9-4-6-12-16(19(26)23(3)18(12)25)15(9)17(24)22-10(2)11-5-7-13(20)14(21)8-11/h4-10,12,15-16H,1-3H3,(H,22,24)/t9-,10+,12-,15-,16-/m1/s1. The number of halogens is 2. The molecular weight excluding hydrogens is 342 g/mol. The lowest BCUT2D eigenvalue weighted by Gasteiger charge is -2.31. The average Bonchev–Trinajstić information content (AvgIpc) is 2.81. The van der Waals surface area contributed by atoms with Crippen molar-refractivity contribution in [3.05, 3.63) is 47.5 Å². The summed E-state index contributed by atoms with van der Waals surface area (Å²) in [5.74, 6) is -5.29. The van der Waals surface area contributed by atoms with Crippen LogP contribution in [0.15, 0.2) is 30.4 Å². The smallest absolute Gasteiger partial charge is 0.236 e. The maximum absolute atomic E-state index is 13.4. The Bertz CT molecular complexity index is 808. The minimum Gasteiger partial charge on any atom is -0.349 e. The molecule has 0 aromatic heterocycles. The van der Waals surface area contributed by atoms with Crippen molar-refractivity contribution < 1.29 is 23.2 Å². The lowest BCUT2D eigenvalue weighted by molar-refractivity contribution is -0.141. The van der Waals surface area contributed by atoms with Crippen molar-refractivity contribution in [3.63, 3.8) is 0 Å². The number of rotatable bonds is 3. The fourth-order valence-corrected chi connectivity index (χ4v) is 3.76. The van der Waals surface area contributed by atoms with Gasteiger partial charge in [-0.15, -0.1) is 0 Å². The number of nitrogens with one attached hydrogen (secondary N) is 1. The molecule has 2 aliphatic rings. The Morgan fingerprint density at radius 3 is 2.50 bits per heavy atom. The van der Waals surface area contributed by atoms with E-state index >= 15 is 0 Å². The molecule has 1 N–H and O–H groups in total. The van der Waals surface area contributed by atoms with Gasteiger partial charge in [0, 0.05) is 7.05 Å². The van der Waals surface area contributed by atoms with Crippen molar-refractivity contribution in [2.75, 3.05) is 7.05 Å². The molecule has 0 bridgehead atoms. The molecule has 1 aliphatic heterocycles. The Balaban J connectivity index is 1.82. The van der Waals surface area contributed by atoms with E-state index in [9.17, 15) is 23.2 Å². The quantitative estimate of drug-likeness (QED) is 0.662. The van der Waals surface area contributed by atoms with Crippen LogP contribution >= 0.6 is 0 Å². The molecule has 0 radical (unpaired) electrons. The van der Waals surface area contributed by atoms with Crippen molar-refractivity contribution in [1.82, 2.24) is 10.2 Å². The van der Waals surface area contributed by atoms with Crippen LogP contribution in [0.5, 0.6) is 0 Å². The van der Waals surface area contributed by atoms with Gasteiger partial charge in [0.05, 0.1) is 23.8 Å². The highest BCUT2D eigenvalue weighted by molar-refractivity contribution is 6.07. The van der Waals surface area contributed by atoms with Gasteiger partial charge in [-0.3, -0.25) is 19.3 Å². The first-order chi connectivity index (χ1) is 12.2. The molecule has 3 amide bonds. The van der Waals surface area contributed by atoms with Crippen molar-refractivity contribution in [3.8, 4) is 0 Å². The second-order valence-electron chi connectivity index (χ2n) is 6.96. The predicted molar refractivity (Wildman–Crippen MR) is 89.5 cm³/mol. The zero-order chi connectivity index (χ0) is 19.2. The lowest BCUT2D eigenvalue weighted by atomic mass is 9.71. The zero-order valence-electron chi connectivity index (χ0n) is 14.7. The number of hydrogen-bond donors (Lipinski definition) is 1. The number of likely N-dealkylation sites (tertiary alicyclic amines) is 1. The monoisotopic (exact) mass is 362 g/mol. The topological polar surface area (TPSA) is 66.5 Å². The summed E-state index contributed by atoms with van der Waals surface area (Å²) in [5, 5.41) is 2.76. The van der Waals surface area contributed by atoms with Crippen LogP contribution in [0.25, 0.3) is 0 Å². The Kier molecular flexibility index (Phi) is 4.64. The number of carbonyl (C=O) groups excluding carboxylic acids is 3. The summed E-state index contributed by atoms with van der Waals surface area (Å²) in [6.45, 7) is 3.47. The molecule has 1 heterocycles. The number of carbonyl (C=O) groups is 3. The van der Waals surface area contributed by atoms with Gasteiger partial charge >= 0.3 is 0 Å². The van der Waals surface area contributed by atoms with Crippen LogP contribution < -0.4 is 5.32 Å². The second-order valence-corrected chi connectivity index (χ2v) is 6.96. The number of nitrogens with zero attached hydrogens (tertiary/aromatic N) is 1. The van der Waals surface area contributed by atoms with E-state index < -0.39 is 35.4 Å². The molecule has 3 rings (SSSR count). The third-order valence-corrected chi connectivity index (χ3v) is 5.30. The Morgan fingerprint density at radius 2 is 1.85 bits per heavy atom. The molecule has 5 atom stereocenters. The third kappa shape index (κ3) is 2.91. The highest BCUT2D eigenvalue weighted by Crippen LogP contribution is 2.40. The summed E-state index contributed by atoms with van der Waals surface area (Å²) in [5.41, 5.74) is 0.416. The fraction of sp³-hybridized carbons (Fsp3) is 0.421. The van der Waals surface area contributed by atoms with Gasteiger partial charge in [0.1, 0.15) is 0 Å². The van der Waals surface area contributed by atoms with Crippen molar-refractivity contribution in [2.24, 2.45) is 23.7 Å². The van der Waals surface area contributed by atoms with Crippen LogP contribution in [0.2, 0.25) is 0 Å². The molecule has 1 fully saturated rings. The summed E-state index contributed by atoms with van der Waals surface area (Å²) in [4.78, 5) is 38.5. The highest BCUT2D eigenvalue weighted by atomic mass is 19.2. The van der Waals surface area contributed by atoms with Gasteiger partial charge in [0.15, 0.2) is 11.6 Å². The van der Waals surface area contributed by atoms with Crippen LogP contribution in [0.3, 0.4) is 0 Å². The molecule has 0 saturated carbocycles. The number of imide groups is 1. The van der Waals surface area contributed by atoms with E-state index in [0.717, 1.165) is 17.0 Å². The molecule has 0 unspecified atom stereocenters. The minimum absolute atomic E-state index is 0.225. The van der Waals surface area contributed by atoms with Gasteiger partial charge in [-0.25, -0.2) is 8.78 Å². The van der Waals surface area contributed by atoms with Crippen LogP contribution in [-0.4, -0.2) is 29.7 Å². The van der Waals surface area contributed by atoms with Gasteiger partial charge in [-0.2, -0.15) is 0 Å². The molecule has 1 aromatic carbocycles. The molecule has 7 heteroatoms. The first-order valence-electron chi connectivity index (χ1n) is 8.47. The maximum Gasteiger partial charge on any atom is 0.236 e. The molecular formula is C19H20F2N2O3. The van der Waals surface area contributed by atoms with Gasteiger partial charge in [0.2, 0.25) is 17.7 Å². The SMILES string of the molecule is C[C@H](NC(=O)[C@H]1[C@@H]2C(=O)N(C)C(=O)[C@@H]2C=C[C@H]1C)c1ccc(F)c(F)c1. The van der Waals surface area contributed by atoms with Crippen molar-refractivity contribution >= 4 is 17.7 Å². The van der Waals surface area contributed by atoms with Gasteiger partial charge < -0.3 is 5.32 Å². The summed E-state index contributed by atoms with van der Waals surface area (Å²) >= 11 is 0. The van der Waals surface area contributed by atoms with Gasteiger partial charge in [-0.05, 0) is 30.5 Å². The molecule has 1 saturated heterocycles. The number of benzene rings is 1. The van der Waals surface area contributed by atoms with E-state index in [1.807, 2.05) is 6.92 Å². The summed E-state index contributed by atoms with van der Waals surface area (Å²) in [7, 11) is 1.42. The Morgan fingerprint density at radius 1 is 1.15 bits per heavy atom. The number of amides is 3. The van der Waals surface area contributed by atoms with E-state index in [0.29, 0.717) is 5.56 Å². The minimum atomic E-state index is -0.990. The average molecular weight is 362 g/mol. The summed E-state index contributed by atoms with van der Waals surface area (Å²) < 4.78 is 26.5. The van der Waals surface area contributed by atoms with Crippen molar-refractivity contribution in [2.45, 2.75) is 19.9 Å². The second kappa shape index (κ2) is 6.63. The maximum atomic E-state index is 13.4. The van der Waals surface area contributed by atoms with Crippen LogP contribution in [0.4, 0.5) is 8.78 Å². The predicted octanol–water partition coefficient (Wildman–Crippen LogP) is 2.20. The Labute approximate surface area is 150 Å². The van der Waals surface area contributed by atoms with Crippen molar-refractivity contribution in [1.29, 1.82) is 0 Å². The molecule has 0 spiro atoms. The van der Waals surface area contributed by atoms with Gasteiger partial charge in [0.25, 0.3) is 0 Å². The molecule has 5 nitrogen and oxygen atoms in total. The van der Waals surface area contributed by atoms with E-state index in [1.54, 1.807) is 19.1 Å². The number of hydrogen-bond acceptors (Lipinski definition) is 3. The van der Waals surface area contributed by atoms with Gasteiger partial charge in [-0.1, -0.05) is 25.1 Å². The molecule has 1 aromatic rings. The summed E-state index contributed by atoms with van der Waals surface area (Å²) in [6, 6.07) is 2.86. The fourth-order valence-electron chi connectivity index (χ4n) is 3.76. The molecule has 26 heavy (non-hydrogen) atoms. The largest absolute Gasteiger partial charge is 0.349 e. The third-order valence-electron chi connectivity index (χ3n) is 5.30. The first kappa shape index (κ1) is 18.2. The lowest BCUT2D eigenvalue weighted by Crippen LogP contribution is -2.44. The number of fused-ring (bicyclic) bond motifs is 1. The Hall–Kier alpha value is -2.57. The van der Waals surface area contributed by atoms with E-state index in [2.05, 4.69) is 5.32 Å². The van der Waals surface area contributed by atoms with E-state index in [-0.39, 0.29) is 23.6 Å². The van der Waals surface area contributed by atoms with Crippen LogP contribution in [-0.2, 0) is 14.4 Å². The number of allylic oxidation sites excluding steroid dienone is 1. The van der Waals surface area contributed by atoms with Crippen LogP contribution in [0.1, 0.15) is 25.5 Å². The molecule has 138 valence electrons. The zero-order valence-corrected chi connectivity index (χ0v) is 14.7. The normalized spacial score (nSPS) is 28.9. The van der Waals surface area contributed by atoms with E-state index in [1.165, 1.54) is 13.1 Å². The van der Waals surface area contributed by atoms with Crippen LogP contribution in [0, 0.1) is 35.3 Å². The molecule has 1 aliphatic carbocycles. The van der Waals surface area contributed by atoms with E-state index in [4.69, 9.17) is 0 Å². The first-order valence-corrected chi connectivity index (χ1v) is 8.47.